The molecule has 112 valence electrons. The molecule has 1 amide bonds. The number of nitrogens with zero attached hydrogens (tertiary/aromatic N) is 1. The Bertz CT molecular complexity index is 539. The van der Waals surface area contributed by atoms with E-state index in [1.165, 1.54) is 6.26 Å². The van der Waals surface area contributed by atoms with Crippen LogP contribution in [0.4, 0.5) is 0 Å². The summed E-state index contributed by atoms with van der Waals surface area (Å²) in [4.78, 5) is 14.6. The van der Waals surface area contributed by atoms with Crippen LogP contribution in [0.3, 0.4) is 0 Å². The molecule has 1 unspecified atom stereocenters. The zero-order valence-corrected chi connectivity index (χ0v) is 12.4. The molecule has 2 heterocycles. The van der Waals surface area contributed by atoms with E-state index in [1.807, 2.05) is 0 Å². The molecule has 0 aromatic carbocycles. The summed E-state index contributed by atoms with van der Waals surface area (Å²) in [5.41, 5.74) is 0.522. The van der Waals surface area contributed by atoms with Crippen molar-refractivity contribution in [1.29, 1.82) is 0 Å². The van der Waals surface area contributed by atoms with Crippen molar-refractivity contribution in [3.8, 4) is 0 Å². The summed E-state index contributed by atoms with van der Waals surface area (Å²) in [7, 11) is -3.15. The van der Waals surface area contributed by atoms with E-state index in [-0.39, 0.29) is 11.9 Å². The van der Waals surface area contributed by atoms with Crippen LogP contribution >= 0.6 is 0 Å². The van der Waals surface area contributed by atoms with Gasteiger partial charge in [-0.1, -0.05) is 6.42 Å². The van der Waals surface area contributed by atoms with Gasteiger partial charge in [0.1, 0.15) is 5.69 Å². The van der Waals surface area contributed by atoms with Crippen LogP contribution in [0.1, 0.15) is 36.2 Å². The number of carbonyl (C=O) groups excluding carboxylic acids is 1. The molecule has 2 N–H and O–H groups in total. The van der Waals surface area contributed by atoms with Crippen molar-refractivity contribution in [2.75, 3.05) is 19.3 Å². The van der Waals surface area contributed by atoms with Gasteiger partial charge in [-0.05, 0) is 31.4 Å². The lowest BCUT2D eigenvalue weighted by Crippen LogP contribution is -2.44. The third-order valence-corrected chi connectivity index (χ3v) is 4.94. The van der Waals surface area contributed by atoms with E-state index in [1.54, 1.807) is 22.6 Å². The van der Waals surface area contributed by atoms with Crippen LogP contribution in [0.5, 0.6) is 0 Å². The minimum atomic E-state index is -3.15. The standard InChI is InChI=1S/C13H21N3O3S/c1-20(18,19)16-10-3-2-5-11(16)7-9-15-13(17)12-6-4-8-14-12/h4,6,8,11,14H,2-3,5,7,9-10H2,1H3,(H,15,17). The van der Waals surface area contributed by atoms with Crippen molar-refractivity contribution >= 4 is 15.9 Å². The highest BCUT2D eigenvalue weighted by atomic mass is 32.2. The molecule has 0 radical (unpaired) electrons. The van der Waals surface area contributed by atoms with Crippen LogP contribution in [-0.2, 0) is 10.0 Å². The van der Waals surface area contributed by atoms with E-state index in [4.69, 9.17) is 0 Å². The molecule has 7 heteroatoms. The second-order valence-corrected chi connectivity index (χ2v) is 7.09. The van der Waals surface area contributed by atoms with Crippen LogP contribution in [0.2, 0.25) is 0 Å². The third kappa shape index (κ3) is 3.83. The fraction of sp³-hybridized carbons (Fsp3) is 0.615. The number of H-pyrrole nitrogens is 1. The van der Waals surface area contributed by atoms with E-state index in [0.29, 0.717) is 25.2 Å². The summed E-state index contributed by atoms with van der Waals surface area (Å²) < 4.78 is 25.0. The molecule has 1 aromatic rings. The molecule has 0 saturated carbocycles. The van der Waals surface area contributed by atoms with Gasteiger partial charge in [0.25, 0.3) is 5.91 Å². The minimum Gasteiger partial charge on any atom is -0.357 e. The van der Waals surface area contributed by atoms with Gasteiger partial charge in [-0.2, -0.15) is 4.31 Å². The Balaban J connectivity index is 1.84. The summed E-state index contributed by atoms with van der Waals surface area (Å²) in [6, 6.07) is 3.47. The molecule has 1 fully saturated rings. The normalized spacial score (nSPS) is 20.8. The van der Waals surface area contributed by atoms with Crippen molar-refractivity contribution in [3.63, 3.8) is 0 Å². The molecule has 1 aliphatic heterocycles. The number of hydrogen-bond donors (Lipinski definition) is 2. The minimum absolute atomic E-state index is 0.00249. The van der Waals surface area contributed by atoms with Crippen molar-refractivity contribution in [2.24, 2.45) is 0 Å². The maximum atomic E-state index is 11.8. The van der Waals surface area contributed by atoms with Crippen molar-refractivity contribution in [1.82, 2.24) is 14.6 Å². The van der Waals surface area contributed by atoms with Crippen molar-refractivity contribution < 1.29 is 13.2 Å². The second-order valence-electron chi connectivity index (χ2n) is 5.15. The third-order valence-electron chi connectivity index (χ3n) is 3.60. The zero-order chi connectivity index (χ0) is 14.6. The number of aromatic nitrogens is 1. The van der Waals surface area contributed by atoms with Gasteiger partial charge in [0.05, 0.1) is 6.26 Å². The first-order valence-corrected chi connectivity index (χ1v) is 8.72. The Hall–Kier alpha value is -1.34. The van der Waals surface area contributed by atoms with Crippen LogP contribution in [0.25, 0.3) is 0 Å². The van der Waals surface area contributed by atoms with Gasteiger partial charge in [0, 0.05) is 25.3 Å². The highest BCUT2D eigenvalue weighted by Gasteiger charge is 2.28. The number of nitrogens with one attached hydrogen (secondary N) is 2. The van der Waals surface area contributed by atoms with E-state index >= 15 is 0 Å². The Morgan fingerprint density at radius 3 is 2.95 bits per heavy atom. The lowest BCUT2D eigenvalue weighted by molar-refractivity contribution is 0.0945. The number of aromatic amines is 1. The molecule has 1 atom stereocenters. The summed E-state index contributed by atoms with van der Waals surface area (Å²) in [6.07, 6.45) is 6.43. The number of hydrogen-bond acceptors (Lipinski definition) is 3. The van der Waals surface area contributed by atoms with Gasteiger partial charge in [-0.25, -0.2) is 8.42 Å². The van der Waals surface area contributed by atoms with Gasteiger partial charge in [0.15, 0.2) is 0 Å². The predicted molar refractivity (Wildman–Crippen MR) is 76.9 cm³/mol. The second kappa shape index (κ2) is 6.41. The molecule has 6 nitrogen and oxygen atoms in total. The lowest BCUT2D eigenvalue weighted by Gasteiger charge is -2.33. The van der Waals surface area contributed by atoms with E-state index < -0.39 is 10.0 Å². The molecule has 0 spiro atoms. The molecular weight excluding hydrogens is 278 g/mol. The summed E-state index contributed by atoms with van der Waals surface area (Å²) >= 11 is 0. The average molecular weight is 299 g/mol. The fourth-order valence-electron chi connectivity index (χ4n) is 2.62. The maximum Gasteiger partial charge on any atom is 0.267 e. The highest BCUT2D eigenvalue weighted by Crippen LogP contribution is 2.21. The lowest BCUT2D eigenvalue weighted by atomic mass is 10.0. The van der Waals surface area contributed by atoms with E-state index in [2.05, 4.69) is 10.3 Å². The first-order valence-electron chi connectivity index (χ1n) is 6.87. The quantitative estimate of drug-likeness (QED) is 0.849. The Kier molecular flexibility index (Phi) is 4.82. The smallest absolute Gasteiger partial charge is 0.267 e. The molecule has 1 aliphatic rings. The SMILES string of the molecule is CS(=O)(=O)N1CCCCC1CCNC(=O)c1ccc[nH]1. The summed E-state index contributed by atoms with van der Waals surface area (Å²) in [5, 5.41) is 2.81. The van der Waals surface area contributed by atoms with E-state index in [9.17, 15) is 13.2 Å². The van der Waals surface area contributed by atoms with E-state index in [0.717, 1.165) is 19.3 Å². The molecule has 20 heavy (non-hydrogen) atoms. The first kappa shape index (κ1) is 15.1. The zero-order valence-electron chi connectivity index (χ0n) is 11.6. The molecule has 1 aromatic heterocycles. The van der Waals surface area contributed by atoms with Gasteiger partial charge in [-0.15, -0.1) is 0 Å². The molecular formula is C13H21N3O3S. The molecule has 0 aliphatic carbocycles. The number of carbonyl (C=O) groups is 1. The summed E-state index contributed by atoms with van der Waals surface area (Å²) in [5.74, 6) is -0.156. The van der Waals surface area contributed by atoms with Crippen LogP contribution in [0, 0.1) is 0 Å². The maximum absolute atomic E-state index is 11.8. The molecule has 2 rings (SSSR count). The first-order chi connectivity index (χ1) is 9.48. The Morgan fingerprint density at radius 1 is 1.50 bits per heavy atom. The van der Waals surface area contributed by atoms with Crippen molar-refractivity contribution in [2.45, 2.75) is 31.7 Å². The number of piperidine rings is 1. The Morgan fingerprint density at radius 2 is 2.30 bits per heavy atom. The highest BCUT2D eigenvalue weighted by molar-refractivity contribution is 7.88. The largest absolute Gasteiger partial charge is 0.357 e. The topological polar surface area (TPSA) is 82.3 Å². The number of amides is 1. The molecule has 0 bridgehead atoms. The number of sulfonamides is 1. The monoisotopic (exact) mass is 299 g/mol. The predicted octanol–water partition coefficient (Wildman–Crippen LogP) is 0.949. The van der Waals surface area contributed by atoms with Gasteiger partial charge in [-0.3, -0.25) is 4.79 Å². The number of rotatable bonds is 5. The van der Waals surface area contributed by atoms with Crippen molar-refractivity contribution in [3.05, 3.63) is 24.0 Å². The van der Waals surface area contributed by atoms with Crippen LogP contribution in [-0.4, -0.2) is 49.0 Å². The Labute approximate surface area is 119 Å². The van der Waals surface area contributed by atoms with Crippen LogP contribution < -0.4 is 5.32 Å². The van der Waals surface area contributed by atoms with Gasteiger partial charge < -0.3 is 10.3 Å². The van der Waals surface area contributed by atoms with Gasteiger partial charge >= 0.3 is 0 Å². The summed E-state index contributed by atoms with van der Waals surface area (Å²) in [6.45, 7) is 1.07. The van der Waals surface area contributed by atoms with Gasteiger partial charge in [0.2, 0.25) is 10.0 Å². The average Bonchev–Trinajstić information content (AvgIpc) is 2.92. The molecule has 1 saturated heterocycles. The fourth-order valence-corrected chi connectivity index (χ4v) is 3.83. The van der Waals surface area contributed by atoms with Crippen LogP contribution in [0.15, 0.2) is 18.3 Å².